The zero-order valence-corrected chi connectivity index (χ0v) is 13.0. The average Bonchev–Trinajstić information content (AvgIpc) is 2.95. The quantitative estimate of drug-likeness (QED) is 0.752. The number of nitrogens with zero attached hydrogens (tertiary/aromatic N) is 2. The van der Waals surface area contributed by atoms with Crippen LogP contribution in [0.2, 0.25) is 0 Å². The molecule has 0 radical (unpaired) electrons. The van der Waals surface area contributed by atoms with Gasteiger partial charge in [-0.3, -0.25) is 4.79 Å². The van der Waals surface area contributed by atoms with Crippen molar-refractivity contribution in [1.82, 2.24) is 10.1 Å². The maximum Gasteiger partial charge on any atom is 0.321 e. The first-order valence-corrected chi connectivity index (χ1v) is 8.46. The Morgan fingerprint density at radius 3 is 2.75 bits per heavy atom. The topological polar surface area (TPSA) is 65.2 Å². The van der Waals surface area contributed by atoms with Crippen LogP contribution in [0.5, 0.6) is 0 Å². The van der Waals surface area contributed by atoms with Crippen molar-refractivity contribution in [1.29, 1.82) is 0 Å². The molecule has 1 heterocycles. The second kappa shape index (κ2) is 7.11. The molecule has 6 heteroatoms. The van der Waals surface area contributed by atoms with E-state index >= 15 is 0 Å². The second-order valence-corrected chi connectivity index (χ2v) is 6.29. The van der Waals surface area contributed by atoms with E-state index < -0.39 is 5.41 Å². The van der Waals surface area contributed by atoms with Gasteiger partial charge in [0, 0.05) is 0 Å². The summed E-state index contributed by atoms with van der Waals surface area (Å²) in [5.41, 5.74) is -0.712. The van der Waals surface area contributed by atoms with Crippen LogP contribution < -0.4 is 0 Å². The van der Waals surface area contributed by atoms with E-state index in [2.05, 4.69) is 17.1 Å². The van der Waals surface area contributed by atoms with Gasteiger partial charge in [-0.05, 0) is 25.5 Å². The van der Waals surface area contributed by atoms with Crippen molar-refractivity contribution < 1.29 is 14.1 Å². The molecule has 0 amide bonds. The van der Waals surface area contributed by atoms with Crippen LogP contribution in [0, 0.1) is 0 Å². The van der Waals surface area contributed by atoms with Crippen LogP contribution in [-0.4, -0.2) is 28.5 Å². The number of hydrogen-bond donors (Lipinski definition) is 0. The highest BCUT2D eigenvalue weighted by atomic mass is 32.2. The third-order valence-electron chi connectivity index (χ3n) is 3.69. The molecule has 112 valence electrons. The lowest BCUT2D eigenvalue weighted by Gasteiger charge is -2.31. The predicted octanol–water partition coefficient (Wildman–Crippen LogP) is 3.09. The SMILES string of the molecule is CCOC(=O)C1(c2nc(CSCC)no2)CCCCC1. The zero-order chi connectivity index (χ0) is 14.4. The van der Waals surface area contributed by atoms with Crippen LogP contribution in [0.4, 0.5) is 0 Å². The van der Waals surface area contributed by atoms with Crippen LogP contribution in [0.3, 0.4) is 0 Å². The van der Waals surface area contributed by atoms with Gasteiger partial charge in [0.15, 0.2) is 5.82 Å². The molecule has 1 aliphatic carbocycles. The summed E-state index contributed by atoms with van der Waals surface area (Å²) in [6.07, 6.45) is 4.64. The number of thioether (sulfide) groups is 1. The monoisotopic (exact) mass is 298 g/mol. The number of carbonyl (C=O) groups excluding carboxylic acids is 1. The Hall–Kier alpha value is -1.04. The lowest BCUT2D eigenvalue weighted by Crippen LogP contribution is -2.39. The lowest BCUT2D eigenvalue weighted by atomic mass is 9.74. The summed E-state index contributed by atoms with van der Waals surface area (Å²) in [4.78, 5) is 16.8. The summed E-state index contributed by atoms with van der Waals surface area (Å²) in [5, 5.41) is 4.00. The summed E-state index contributed by atoms with van der Waals surface area (Å²) in [5.74, 6) is 2.63. The van der Waals surface area contributed by atoms with Crippen LogP contribution >= 0.6 is 11.8 Å². The first-order chi connectivity index (χ1) is 9.73. The molecule has 20 heavy (non-hydrogen) atoms. The maximum atomic E-state index is 12.4. The summed E-state index contributed by atoms with van der Waals surface area (Å²) >= 11 is 1.74. The van der Waals surface area contributed by atoms with E-state index in [-0.39, 0.29) is 5.97 Å². The fourth-order valence-electron chi connectivity index (χ4n) is 2.63. The molecule has 0 N–H and O–H groups in total. The van der Waals surface area contributed by atoms with Crippen LogP contribution in [0.15, 0.2) is 4.52 Å². The van der Waals surface area contributed by atoms with Gasteiger partial charge in [-0.15, -0.1) is 0 Å². The van der Waals surface area contributed by atoms with Gasteiger partial charge in [-0.1, -0.05) is 31.3 Å². The van der Waals surface area contributed by atoms with Crippen LogP contribution in [0.25, 0.3) is 0 Å². The van der Waals surface area contributed by atoms with Crippen molar-refractivity contribution in [2.24, 2.45) is 0 Å². The van der Waals surface area contributed by atoms with Crippen molar-refractivity contribution >= 4 is 17.7 Å². The van der Waals surface area contributed by atoms with Crippen molar-refractivity contribution in [2.45, 2.75) is 57.1 Å². The fraction of sp³-hybridized carbons (Fsp3) is 0.786. The number of rotatable bonds is 6. The highest BCUT2D eigenvalue weighted by Crippen LogP contribution is 2.39. The standard InChI is InChI=1S/C14H22N2O3S/c1-3-18-13(17)14(8-6-5-7-9-14)12-15-11(16-19-12)10-20-4-2/h3-10H2,1-2H3. The van der Waals surface area contributed by atoms with Crippen LogP contribution in [-0.2, 0) is 20.7 Å². The number of hydrogen-bond acceptors (Lipinski definition) is 6. The molecule has 1 aromatic heterocycles. The molecule has 1 aliphatic rings. The Bertz CT molecular complexity index is 441. The zero-order valence-electron chi connectivity index (χ0n) is 12.2. The van der Waals surface area contributed by atoms with E-state index in [0.717, 1.165) is 43.6 Å². The van der Waals surface area contributed by atoms with E-state index in [1.165, 1.54) is 0 Å². The fourth-order valence-corrected chi connectivity index (χ4v) is 3.13. The van der Waals surface area contributed by atoms with Gasteiger partial charge in [-0.25, -0.2) is 0 Å². The summed E-state index contributed by atoms with van der Waals surface area (Å²) in [6.45, 7) is 4.30. The molecule has 0 aromatic carbocycles. The summed E-state index contributed by atoms with van der Waals surface area (Å²) < 4.78 is 10.7. The first-order valence-electron chi connectivity index (χ1n) is 7.31. The van der Waals surface area contributed by atoms with E-state index in [4.69, 9.17) is 9.26 Å². The Morgan fingerprint density at radius 1 is 1.35 bits per heavy atom. The molecule has 1 fully saturated rings. The maximum absolute atomic E-state index is 12.4. The van der Waals surface area contributed by atoms with Crippen molar-refractivity contribution in [3.63, 3.8) is 0 Å². The summed E-state index contributed by atoms with van der Waals surface area (Å²) in [7, 11) is 0. The molecule has 0 bridgehead atoms. The van der Waals surface area contributed by atoms with Crippen molar-refractivity contribution in [2.75, 3.05) is 12.4 Å². The van der Waals surface area contributed by atoms with Gasteiger partial charge in [-0.2, -0.15) is 16.7 Å². The number of esters is 1. The third kappa shape index (κ3) is 3.16. The minimum Gasteiger partial charge on any atom is -0.465 e. The van der Waals surface area contributed by atoms with Crippen molar-refractivity contribution in [3.05, 3.63) is 11.7 Å². The molecular formula is C14H22N2O3S. The van der Waals surface area contributed by atoms with E-state index in [1.54, 1.807) is 11.8 Å². The third-order valence-corrected chi connectivity index (χ3v) is 4.56. The minimum atomic E-state index is -0.712. The number of carbonyl (C=O) groups is 1. The molecule has 1 aromatic rings. The molecule has 0 saturated heterocycles. The Balaban J connectivity index is 2.21. The molecule has 2 rings (SSSR count). The largest absolute Gasteiger partial charge is 0.465 e. The van der Waals surface area contributed by atoms with E-state index in [0.29, 0.717) is 18.3 Å². The molecule has 0 spiro atoms. The molecule has 0 aliphatic heterocycles. The highest BCUT2D eigenvalue weighted by Gasteiger charge is 2.47. The highest BCUT2D eigenvalue weighted by molar-refractivity contribution is 7.98. The van der Waals surface area contributed by atoms with Crippen molar-refractivity contribution in [3.8, 4) is 0 Å². The van der Waals surface area contributed by atoms with E-state index in [1.807, 2.05) is 6.92 Å². The first kappa shape index (κ1) is 15.4. The summed E-state index contributed by atoms with van der Waals surface area (Å²) in [6, 6.07) is 0. The Kier molecular flexibility index (Phi) is 5.46. The second-order valence-electron chi connectivity index (χ2n) is 5.02. The number of ether oxygens (including phenoxy) is 1. The van der Waals surface area contributed by atoms with Gasteiger partial charge < -0.3 is 9.26 Å². The van der Waals surface area contributed by atoms with Gasteiger partial charge in [0.25, 0.3) is 0 Å². The van der Waals surface area contributed by atoms with E-state index in [9.17, 15) is 4.79 Å². The van der Waals surface area contributed by atoms with Gasteiger partial charge >= 0.3 is 5.97 Å². The van der Waals surface area contributed by atoms with Gasteiger partial charge in [0.2, 0.25) is 5.89 Å². The smallest absolute Gasteiger partial charge is 0.321 e. The van der Waals surface area contributed by atoms with Gasteiger partial charge in [0.05, 0.1) is 12.4 Å². The molecule has 1 saturated carbocycles. The molecule has 5 nitrogen and oxygen atoms in total. The molecular weight excluding hydrogens is 276 g/mol. The van der Waals surface area contributed by atoms with Crippen LogP contribution in [0.1, 0.15) is 57.7 Å². The predicted molar refractivity (Wildman–Crippen MR) is 77.5 cm³/mol. The Morgan fingerprint density at radius 2 is 2.10 bits per heavy atom. The minimum absolute atomic E-state index is 0.210. The molecule has 0 unspecified atom stereocenters. The average molecular weight is 298 g/mol. The Labute approximate surface area is 123 Å². The number of aromatic nitrogens is 2. The lowest BCUT2D eigenvalue weighted by molar-refractivity contribution is -0.152. The normalized spacial score (nSPS) is 17.9. The molecule has 0 atom stereocenters. The van der Waals surface area contributed by atoms with Gasteiger partial charge in [0.1, 0.15) is 5.41 Å².